The number of nitrogens with zero attached hydrogens (tertiary/aromatic N) is 1. The second-order valence-electron chi connectivity index (χ2n) is 6.31. The van der Waals surface area contributed by atoms with E-state index in [1.165, 1.54) is 0 Å². The van der Waals surface area contributed by atoms with E-state index in [9.17, 15) is 9.59 Å². The third-order valence-electron chi connectivity index (χ3n) is 2.87. The van der Waals surface area contributed by atoms with Crippen molar-refractivity contribution in [2.24, 2.45) is 0 Å². The first-order valence-corrected chi connectivity index (χ1v) is 7.98. The van der Waals surface area contributed by atoms with Gasteiger partial charge in [-0.05, 0) is 32.8 Å². The molecule has 0 spiro atoms. The molecule has 1 aromatic rings. The largest absolute Gasteiger partial charge is 0.445 e. The summed E-state index contributed by atoms with van der Waals surface area (Å²) in [4.78, 5) is 33.3. The molecule has 140 valence electrons. The zero-order chi connectivity index (χ0) is 18.7. The Morgan fingerprint density at radius 2 is 2.00 bits per heavy atom. The molecule has 1 atom stereocenters. The fourth-order valence-corrected chi connectivity index (χ4v) is 1.80. The van der Waals surface area contributed by atoms with E-state index in [-0.39, 0.29) is 26.2 Å². The van der Waals surface area contributed by atoms with E-state index in [1.54, 1.807) is 20.8 Å². The Morgan fingerprint density at radius 3 is 2.56 bits per heavy atom. The minimum Gasteiger partial charge on any atom is -0.445 e. The molecule has 0 bridgehead atoms. The molecule has 1 aromatic carbocycles. The Morgan fingerprint density at radius 1 is 1.32 bits per heavy atom. The maximum Gasteiger partial charge on any atom is 0.407 e. The molecule has 0 aliphatic carbocycles. The number of carbonyl (C=O) groups is 2. The van der Waals surface area contributed by atoms with Gasteiger partial charge in [0.15, 0.2) is 0 Å². The molecule has 8 heteroatoms. The molecule has 2 N–H and O–H groups in total. The van der Waals surface area contributed by atoms with Gasteiger partial charge in [0.2, 0.25) is 0 Å². The molecule has 0 aliphatic heterocycles. The topological polar surface area (TPSA) is 97.3 Å². The molecule has 0 heterocycles. The van der Waals surface area contributed by atoms with Crippen molar-refractivity contribution in [3.05, 3.63) is 35.9 Å². The molecule has 0 radical (unpaired) electrons. The highest BCUT2D eigenvalue weighted by atomic mass is 17.0. The first-order chi connectivity index (χ1) is 11.8. The third kappa shape index (κ3) is 9.65. The molecule has 1 unspecified atom stereocenters. The molecule has 2 amide bonds. The lowest BCUT2D eigenvalue weighted by molar-refractivity contribution is -0.368. The summed E-state index contributed by atoms with van der Waals surface area (Å²) in [5, 5.41) is 12.4. The number of rotatable bonds is 10. The van der Waals surface area contributed by atoms with Crippen molar-refractivity contribution in [2.75, 3.05) is 13.2 Å². The number of amides is 2. The number of hydrogen-bond acceptors (Lipinski definition) is 6. The molecule has 0 aromatic heterocycles. The van der Waals surface area contributed by atoms with Gasteiger partial charge in [-0.25, -0.2) is 14.5 Å². The van der Waals surface area contributed by atoms with Crippen molar-refractivity contribution in [2.45, 2.75) is 45.4 Å². The number of benzene rings is 1. The van der Waals surface area contributed by atoms with Crippen LogP contribution in [0.1, 0.15) is 32.8 Å². The second kappa shape index (κ2) is 10.7. The number of nitrogens with one attached hydrogen (secondary N) is 1. The Balaban J connectivity index is 2.44. The van der Waals surface area contributed by atoms with E-state index >= 15 is 0 Å². The standard InChI is InChI=1S/C17H26N2O6/c1-17(2,3)25-19(13-21)24-12-15(9-10-20)18-16(22)23-11-14-7-5-4-6-8-14/h4-8,13,15,20H,9-12H2,1-3H3,(H,18,22). The van der Waals surface area contributed by atoms with Crippen molar-refractivity contribution < 1.29 is 29.1 Å². The van der Waals surface area contributed by atoms with Crippen LogP contribution in [-0.2, 0) is 25.8 Å². The minimum absolute atomic E-state index is 0.0597. The van der Waals surface area contributed by atoms with Crippen LogP contribution in [0.15, 0.2) is 30.3 Å². The fraction of sp³-hybridized carbons (Fsp3) is 0.529. The summed E-state index contributed by atoms with van der Waals surface area (Å²) >= 11 is 0. The van der Waals surface area contributed by atoms with Gasteiger partial charge in [-0.1, -0.05) is 35.6 Å². The van der Waals surface area contributed by atoms with E-state index in [2.05, 4.69) is 5.32 Å². The van der Waals surface area contributed by atoms with Gasteiger partial charge in [-0.3, -0.25) is 4.79 Å². The van der Waals surface area contributed by atoms with Gasteiger partial charge in [-0.2, -0.15) is 0 Å². The van der Waals surface area contributed by atoms with Gasteiger partial charge in [-0.15, -0.1) is 0 Å². The number of aliphatic hydroxyl groups excluding tert-OH is 1. The molecular formula is C17H26N2O6. The predicted molar refractivity (Wildman–Crippen MR) is 89.9 cm³/mol. The third-order valence-corrected chi connectivity index (χ3v) is 2.87. The molecule has 0 saturated carbocycles. The number of hydroxylamine groups is 2. The molecule has 8 nitrogen and oxygen atoms in total. The highest BCUT2D eigenvalue weighted by Crippen LogP contribution is 2.10. The summed E-state index contributed by atoms with van der Waals surface area (Å²) in [7, 11) is 0. The van der Waals surface area contributed by atoms with Gasteiger partial charge in [0.05, 0.1) is 18.2 Å². The first kappa shape index (κ1) is 20.9. The predicted octanol–water partition coefficient (Wildman–Crippen LogP) is 1.78. The van der Waals surface area contributed by atoms with Gasteiger partial charge in [0.25, 0.3) is 6.41 Å². The van der Waals surface area contributed by atoms with Crippen molar-refractivity contribution in [3.63, 3.8) is 0 Å². The maximum atomic E-state index is 11.9. The molecule has 25 heavy (non-hydrogen) atoms. The van der Waals surface area contributed by atoms with Crippen LogP contribution in [0.25, 0.3) is 0 Å². The SMILES string of the molecule is CC(C)(C)ON(C=O)OCC(CCO)NC(=O)OCc1ccccc1. The molecule has 0 fully saturated rings. The van der Waals surface area contributed by atoms with Gasteiger partial charge >= 0.3 is 6.09 Å². The highest BCUT2D eigenvalue weighted by molar-refractivity contribution is 5.67. The van der Waals surface area contributed by atoms with Crippen molar-refractivity contribution >= 4 is 12.5 Å². The van der Waals surface area contributed by atoms with E-state index in [4.69, 9.17) is 19.5 Å². The fourth-order valence-electron chi connectivity index (χ4n) is 1.80. The van der Waals surface area contributed by atoms with Crippen LogP contribution in [0.5, 0.6) is 0 Å². The molecular weight excluding hydrogens is 328 g/mol. The highest BCUT2D eigenvalue weighted by Gasteiger charge is 2.20. The van der Waals surface area contributed by atoms with E-state index in [1.807, 2.05) is 30.3 Å². The van der Waals surface area contributed by atoms with Crippen molar-refractivity contribution in [1.29, 1.82) is 0 Å². The van der Waals surface area contributed by atoms with Crippen LogP contribution in [0.4, 0.5) is 4.79 Å². The lowest BCUT2D eigenvalue weighted by atomic mass is 10.2. The smallest absolute Gasteiger partial charge is 0.407 e. The molecule has 0 aliphatic rings. The zero-order valence-electron chi connectivity index (χ0n) is 14.8. The number of carbonyl (C=O) groups excluding carboxylic acids is 2. The van der Waals surface area contributed by atoms with Crippen LogP contribution in [0.3, 0.4) is 0 Å². The van der Waals surface area contributed by atoms with E-state index in [0.29, 0.717) is 11.6 Å². The maximum absolute atomic E-state index is 11.9. The average Bonchev–Trinajstić information content (AvgIpc) is 2.56. The second-order valence-corrected chi connectivity index (χ2v) is 6.31. The normalized spacial score (nSPS) is 12.3. The zero-order valence-corrected chi connectivity index (χ0v) is 14.8. The summed E-state index contributed by atoms with van der Waals surface area (Å²) < 4.78 is 5.12. The minimum atomic E-state index is -0.639. The monoisotopic (exact) mass is 354 g/mol. The first-order valence-electron chi connectivity index (χ1n) is 7.98. The summed E-state index contributed by atoms with van der Waals surface area (Å²) in [5.41, 5.74) is 0.244. The van der Waals surface area contributed by atoms with Crippen LogP contribution >= 0.6 is 0 Å². The van der Waals surface area contributed by atoms with Crippen molar-refractivity contribution in [3.8, 4) is 0 Å². The summed E-state index contributed by atoms with van der Waals surface area (Å²) in [5.74, 6) is 0. The summed E-state index contributed by atoms with van der Waals surface area (Å²) in [6.45, 7) is 5.20. The lowest BCUT2D eigenvalue weighted by Gasteiger charge is -2.27. The van der Waals surface area contributed by atoms with Crippen molar-refractivity contribution in [1.82, 2.24) is 10.5 Å². The van der Waals surface area contributed by atoms with Crippen LogP contribution in [0, 0.1) is 0 Å². The quantitative estimate of drug-likeness (QED) is 0.491. The Kier molecular flexibility index (Phi) is 8.90. The van der Waals surface area contributed by atoms with E-state index in [0.717, 1.165) is 5.56 Å². The van der Waals surface area contributed by atoms with Crippen LogP contribution < -0.4 is 5.32 Å². The Hall–Kier alpha value is -2.16. The number of aliphatic hydroxyl groups is 1. The lowest BCUT2D eigenvalue weighted by Crippen LogP contribution is -2.42. The number of alkyl carbamates (subject to hydrolysis) is 1. The molecule has 0 saturated heterocycles. The van der Waals surface area contributed by atoms with Gasteiger partial charge in [0, 0.05) is 6.61 Å². The van der Waals surface area contributed by atoms with Crippen LogP contribution in [-0.4, -0.2) is 47.7 Å². The Labute approximate surface area is 147 Å². The summed E-state index contributed by atoms with van der Waals surface area (Å²) in [6.07, 6.45) is -0.0160. The molecule has 1 rings (SSSR count). The average molecular weight is 354 g/mol. The van der Waals surface area contributed by atoms with Gasteiger partial charge < -0.3 is 15.2 Å². The number of ether oxygens (including phenoxy) is 1. The van der Waals surface area contributed by atoms with Crippen LogP contribution in [0.2, 0.25) is 0 Å². The van der Waals surface area contributed by atoms with Gasteiger partial charge in [0.1, 0.15) is 6.61 Å². The number of hydrogen-bond donors (Lipinski definition) is 2. The Bertz CT molecular complexity index is 518. The van der Waals surface area contributed by atoms with E-state index < -0.39 is 17.7 Å². The summed E-state index contributed by atoms with van der Waals surface area (Å²) in [6, 6.07) is 8.71.